The number of ether oxygens (including phenoxy) is 1. The molecule has 244 valence electrons. The van der Waals surface area contributed by atoms with Gasteiger partial charge in [0, 0.05) is 63.1 Å². The van der Waals surface area contributed by atoms with Gasteiger partial charge in [0.2, 0.25) is 10.0 Å². The quantitative estimate of drug-likeness (QED) is 0.263. The second-order valence-electron chi connectivity index (χ2n) is 11.9. The summed E-state index contributed by atoms with van der Waals surface area (Å²) in [5.74, 6) is -0.223. The maximum atomic E-state index is 13.8. The molecule has 1 fully saturated rings. The zero-order valence-corrected chi connectivity index (χ0v) is 27.2. The van der Waals surface area contributed by atoms with Crippen LogP contribution in [0.2, 0.25) is 0 Å². The van der Waals surface area contributed by atoms with E-state index in [9.17, 15) is 30.0 Å². The largest absolute Gasteiger partial charge is 0.573 e. The monoisotopic (exact) mass is 668 g/mol. The number of pyridine rings is 1. The summed E-state index contributed by atoms with van der Waals surface area (Å²) >= 11 is 0. The molecule has 11 nitrogen and oxygen atoms in total. The van der Waals surface area contributed by atoms with Crippen LogP contribution in [0.3, 0.4) is 0 Å². The van der Waals surface area contributed by atoms with Crippen molar-refractivity contribution in [2.75, 3.05) is 38.7 Å². The Morgan fingerprint density at radius 2 is 1.69 bits per heavy atom. The minimum atomic E-state index is -4.85. The summed E-state index contributed by atoms with van der Waals surface area (Å²) in [6.45, 7) is 4.94. The highest BCUT2D eigenvalue weighted by atomic mass is 32.2. The topological polar surface area (TPSA) is 120 Å². The fraction of sp³-hybridized carbons (Fsp3) is 0.448. The highest BCUT2D eigenvalue weighted by Crippen LogP contribution is 2.36. The van der Waals surface area contributed by atoms with Gasteiger partial charge in [0.05, 0.1) is 34.0 Å². The highest BCUT2D eigenvalue weighted by molar-refractivity contribution is 7.91. The van der Waals surface area contributed by atoms with Crippen LogP contribution in [-0.4, -0.2) is 96.0 Å². The molecule has 0 spiro atoms. The number of benzene rings is 1. The van der Waals surface area contributed by atoms with Gasteiger partial charge in [-0.15, -0.1) is 13.2 Å². The van der Waals surface area contributed by atoms with Crippen LogP contribution in [0.4, 0.5) is 13.2 Å². The Morgan fingerprint density at radius 3 is 2.24 bits per heavy atom. The maximum absolute atomic E-state index is 13.8. The number of sulfonamides is 1. The van der Waals surface area contributed by atoms with Crippen molar-refractivity contribution in [3.8, 4) is 22.7 Å². The van der Waals surface area contributed by atoms with Gasteiger partial charge in [-0.2, -0.15) is 5.10 Å². The van der Waals surface area contributed by atoms with Gasteiger partial charge >= 0.3 is 6.36 Å². The third kappa shape index (κ3) is 7.03. The minimum Gasteiger partial charge on any atom is -0.406 e. The third-order valence-electron chi connectivity index (χ3n) is 8.12. The van der Waals surface area contributed by atoms with E-state index in [-0.39, 0.29) is 27.6 Å². The van der Waals surface area contributed by atoms with Crippen LogP contribution < -0.4 is 4.74 Å². The van der Waals surface area contributed by atoms with Gasteiger partial charge in [-0.05, 0) is 62.6 Å². The van der Waals surface area contributed by atoms with E-state index in [1.165, 1.54) is 32.3 Å². The Morgan fingerprint density at radius 1 is 1.04 bits per heavy atom. The summed E-state index contributed by atoms with van der Waals surface area (Å²) in [6, 6.07) is 6.51. The molecule has 0 atom stereocenters. The molecule has 3 aromatic heterocycles. The van der Waals surface area contributed by atoms with Crippen molar-refractivity contribution in [1.29, 1.82) is 0 Å². The SMILES string of the molecule is CN(C)S(=O)(=O)c1cc(-c2ccc(OC(F)(F)F)cc2)nc2c1c(CCC(C)(C)N1CCS(=O)(=O)CC1)cn2-c1cnn(C)c1. The number of sulfone groups is 1. The number of hydrogen-bond acceptors (Lipinski definition) is 8. The van der Waals surface area contributed by atoms with Crippen molar-refractivity contribution in [2.45, 2.75) is 43.5 Å². The van der Waals surface area contributed by atoms with E-state index in [1.807, 2.05) is 20.0 Å². The predicted molar refractivity (Wildman–Crippen MR) is 163 cm³/mol. The number of nitrogens with zero attached hydrogens (tertiary/aromatic N) is 6. The van der Waals surface area contributed by atoms with Crippen molar-refractivity contribution in [2.24, 2.45) is 7.05 Å². The minimum absolute atomic E-state index is 0.00244. The van der Waals surface area contributed by atoms with Crippen LogP contribution >= 0.6 is 0 Å². The lowest BCUT2D eigenvalue weighted by atomic mass is 9.93. The van der Waals surface area contributed by atoms with E-state index < -0.39 is 32.0 Å². The van der Waals surface area contributed by atoms with Crippen LogP contribution in [0.1, 0.15) is 25.8 Å². The summed E-state index contributed by atoms with van der Waals surface area (Å²) in [7, 11) is -2.48. The Bertz CT molecular complexity index is 1920. The average Bonchev–Trinajstić information content (AvgIpc) is 3.54. The molecule has 0 N–H and O–H groups in total. The Kier molecular flexibility index (Phi) is 8.57. The molecule has 0 unspecified atom stereocenters. The molecule has 0 saturated carbocycles. The lowest BCUT2D eigenvalue weighted by Crippen LogP contribution is -2.51. The van der Waals surface area contributed by atoms with Gasteiger partial charge in [-0.25, -0.2) is 26.1 Å². The third-order valence-corrected chi connectivity index (χ3v) is 11.6. The summed E-state index contributed by atoms with van der Waals surface area (Å²) < 4.78 is 98.4. The van der Waals surface area contributed by atoms with Crippen molar-refractivity contribution in [3.63, 3.8) is 0 Å². The van der Waals surface area contributed by atoms with Crippen LogP contribution in [0, 0.1) is 0 Å². The lowest BCUT2D eigenvalue weighted by Gasteiger charge is -2.41. The highest BCUT2D eigenvalue weighted by Gasteiger charge is 2.34. The number of fused-ring (bicyclic) bond motifs is 1. The molecule has 4 heterocycles. The van der Waals surface area contributed by atoms with Crippen LogP contribution in [-0.2, 0) is 33.3 Å². The zero-order chi connectivity index (χ0) is 32.9. The molecule has 16 heteroatoms. The summed E-state index contributed by atoms with van der Waals surface area (Å²) in [5.41, 5.74) is 1.95. The first kappa shape index (κ1) is 32.9. The summed E-state index contributed by atoms with van der Waals surface area (Å²) in [4.78, 5) is 6.99. The van der Waals surface area contributed by atoms with Gasteiger partial charge in [0.25, 0.3) is 0 Å². The van der Waals surface area contributed by atoms with E-state index in [0.29, 0.717) is 48.2 Å². The van der Waals surface area contributed by atoms with E-state index in [2.05, 4.69) is 14.7 Å². The number of alkyl halides is 3. The van der Waals surface area contributed by atoms with Crippen LogP contribution in [0.5, 0.6) is 5.75 Å². The summed E-state index contributed by atoms with van der Waals surface area (Å²) in [5, 5.41) is 4.69. The van der Waals surface area contributed by atoms with Crippen molar-refractivity contribution in [1.82, 2.24) is 28.5 Å². The van der Waals surface area contributed by atoms with Crippen molar-refractivity contribution in [3.05, 3.63) is 54.5 Å². The molecular weight excluding hydrogens is 633 g/mol. The van der Waals surface area contributed by atoms with Crippen molar-refractivity contribution < 1.29 is 34.7 Å². The van der Waals surface area contributed by atoms with Gasteiger partial charge in [-0.1, -0.05) is 0 Å². The number of rotatable bonds is 9. The molecule has 1 aliphatic heterocycles. The summed E-state index contributed by atoms with van der Waals surface area (Å²) in [6.07, 6.45) is 1.43. The molecule has 1 aliphatic rings. The standard InChI is InChI=1S/C29H35F3N6O5S2/c1-28(2,37-12-14-44(39,40)15-13-37)11-10-21-18-38(22-17-33-36(5)19-22)27-26(21)25(45(41,42)35(3)4)16-24(34-27)20-6-8-23(9-7-20)43-29(30,31)32/h6-9,16-19H,10-15H2,1-5H3. The molecule has 5 rings (SSSR count). The first-order valence-electron chi connectivity index (χ1n) is 14.1. The molecule has 4 aromatic rings. The first-order chi connectivity index (χ1) is 20.9. The average molecular weight is 669 g/mol. The fourth-order valence-corrected chi connectivity index (χ4v) is 7.81. The smallest absolute Gasteiger partial charge is 0.406 e. The Balaban J connectivity index is 1.64. The second kappa shape index (κ2) is 11.7. The van der Waals surface area contributed by atoms with Crippen LogP contribution in [0.15, 0.2) is 53.8 Å². The number of halogens is 3. The molecule has 45 heavy (non-hydrogen) atoms. The fourth-order valence-electron chi connectivity index (χ4n) is 5.48. The number of aryl methyl sites for hydroxylation is 2. The molecule has 0 aliphatic carbocycles. The molecule has 0 radical (unpaired) electrons. The van der Waals surface area contributed by atoms with E-state index in [4.69, 9.17) is 4.98 Å². The Labute approximate surface area is 260 Å². The normalized spacial score (nSPS) is 16.5. The van der Waals surface area contributed by atoms with E-state index in [1.54, 1.807) is 28.7 Å². The van der Waals surface area contributed by atoms with Gasteiger partial charge in [0.1, 0.15) is 11.4 Å². The maximum Gasteiger partial charge on any atom is 0.573 e. The molecule has 0 bridgehead atoms. The van der Waals surface area contributed by atoms with E-state index >= 15 is 0 Å². The Hall–Kier alpha value is -3.47. The predicted octanol–water partition coefficient (Wildman–Crippen LogP) is 4.02. The van der Waals surface area contributed by atoms with Crippen molar-refractivity contribution >= 4 is 30.9 Å². The van der Waals surface area contributed by atoms with Gasteiger partial charge in [0.15, 0.2) is 9.84 Å². The zero-order valence-electron chi connectivity index (χ0n) is 25.5. The van der Waals surface area contributed by atoms with Gasteiger partial charge in [-0.3, -0.25) is 14.1 Å². The van der Waals surface area contributed by atoms with Crippen LogP contribution in [0.25, 0.3) is 28.0 Å². The molecule has 1 saturated heterocycles. The second-order valence-corrected chi connectivity index (χ2v) is 16.3. The number of aromatic nitrogens is 4. The molecule has 1 aromatic carbocycles. The van der Waals surface area contributed by atoms with E-state index in [0.717, 1.165) is 22.0 Å². The number of hydrogen-bond donors (Lipinski definition) is 0. The lowest BCUT2D eigenvalue weighted by molar-refractivity contribution is -0.274. The van der Waals surface area contributed by atoms with Gasteiger partial charge < -0.3 is 4.74 Å². The molecule has 0 amide bonds. The first-order valence-corrected chi connectivity index (χ1v) is 17.4. The molecular formula is C29H35F3N6O5S2.